The van der Waals surface area contributed by atoms with Crippen LogP contribution in [0.3, 0.4) is 0 Å². The predicted octanol–water partition coefficient (Wildman–Crippen LogP) is 2.93. The van der Waals surface area contributed by atoms with E-state index in [1.165, 1.54) is 5.56 Å². The lowest BCUT2D eigenvalue weighted by molar-refractivity contribution is -0.135. The summed E-state index contributed by atoms with van der Waals surface area (Å²) in [6.45, 7) is 11.6. The second-order valence-electron chi connectivity index (χ2n) is 8.03. The molecule has 5 nitrogen and oxygen atoms in total. The van der Waals surface area contributed by atoms with Crippen LogP contribution in [0.1, 0.15) is 39.2 Å². The van der Waals surface area contributed by atoms with Gasteiger partial charge in [-0.25, -0.2) is 0 Å². The van der Waals surface area contributed by atoms with E-state index < -0.39 is 0 Å². The Morgan fingerprint density at radius 1 is 1.27 bits per heavy atom. The Bertz CT molecular complexity index is 619. The minimum Gasteiger partial charge on any atom is -0.493 e. The largest absolute Gasteiger partial charge is 0.493 e. The number of carbonyl (C=O) groups is 1. The Morgan fingerprint density at radius 2 is 2.08 bits per heavy atom. The van der Waals surface area contributed by atoms with Crippen LogP contribution in [0.5, 0.6) is 5.75 Å². The molecule has 0 saturated carbocycles. The first kappa shape index (κ1) is 19.2. The Hall–Kier alpha value is -1.59. The lowest BCUT2D eigenvalue weighted by atomic mass is 9.87. The van der Waals surface area contributed by atoms with Crippen molar-refractivity contribution >= 4 is 5.91 Å². The summed E-state index contributed by atoms with van der Waals surface area (Å²) in [6, 6.07) is 8.55. The van der Waals surface area contributed by atoms with Crippen molar-refractivity contribution in [3.8, 4) is 5.75 Å². The SMILES string of the molecule is CCCOc1ccccc1CN1CCC2(COCC(=O)N(C(C)C)C2)C1. The number of likely N-dealkylation sites (tertiary alicyclic amines) is 1. The zero-order valence-electron chi connectivity index (χ0n) is 16.4. The fraction of sp³-hybridized carbons (Fsp3) is 0.667. The number of ether oxygens (including phenoxy) is 2. The maximum Gasteiger partial charge on any atom is 0.248 e. The number of hydrogen-bond acceptors (Lipinski definition) is 4. The average molecular weight is 360 g/mol. The first-order valence-electron chi connectivity index (χ1n) is 9.83. The van der Waals surface area contributed by atoms with Gasteiger partial charge in [-0.05, 0) is 39.3 Å². The number of nitrogens with zero attached hydrogens (tertiary/aromatic N) is 2. The van der Waals surface area contributed by atoms with E-state index in [-0.39, 0.29) is 24.0 Å². The first-order chi connectivity index (χ1) is 12.5. The first-order valence-corrected chi connectivity index (χ1v) is 9.83. The minimum absolute atomic E-state index is 0.0512. The van der Waals surface area contributed by atoms with E-state index in [4.69, 9.17) is 9.47 Å². The lowest BCUT2D eigenvalue weighted by Gasteiger charge is -2.34. The van der Waals surface area contributed by atoms with Crippen molar-refractivity contribution in [1.29, 1.82) is 0 Å². The van der Waals surface area contributed by atoms with Crippen LogP contribution in [0.25, 0.3) is 0 Å². The van der Waals surface area contributed by atoms with Crippen LogP contribution in [0.15, 0.2) is 24.3 Å². The molecule has 144 valence electrons. The van der Waals surface area contributed by atoms with E-state index in [0.717, 1.165) is 51.4 Å². The Morgan fingerprint density at radius 3 is 2.85 bits per heavy atom. The van der Waals surface area contributed by atoms with Crippen molar-refractivity contribution in [2.24, 2.45) is 5.41 Å². The van der Waals surface area contributed by atoms with Crippen molar-refractivity contribution in [2.45, 2.75) is 46.2 Å². The van der Waals surface area contributed by atoms with E-state index >= 15 is 0 Å². The summed E-state index contributed by atoms with van der Waals surface area (Å²) in [4.78, 5) is 16.8. The normalized spacial score (nSPS) is 24.5. The second-order valence-corrected chi connectivity index (χ2v) is 8.03. The van der Waals surface area contributed by atoms with E-state index in [1.807, 2.05) is 11.0 Å². The van der Waals surface area contributed by atoms with Crippen molar-refractivity contribution in [3.63, 3.8) is 0 Å². The highest BCUT2D eigenvalue weighted by molar-refractivity contribution is 5.78. The maximum absolute atomic E-state index is 12.3. The summed E-state index contributed by atoms with van der Waals surface area (Å²) in [6.07, 6.45) is 2.08. The van der Waals surface area contributed by atoms with Gasteiger partial charge in [0.2, 0.25) is 5.91 Å². The summed E-state index contributed by atoms with van der Waals surface area (Å²) < 4.78 is 11.7. The zero-order chi connectivity index (χ0) is 18.6. The average Bonchev–Trinajstić information content (AvgIpc) is 2.93. The minimum atomic E-state index is 0.0512. The molecule has 1 atom stereocenters. The van der Waals surface area contributed by atoms with Crippen LogP contribution in [-0.2, 0) is 16.1 Å². The molecule has 2 aliphatic heterocycles. The van der Waals surface area contributed by atoms with E-state index in [9.17, 15) is 4.79 Å². The van der Waals surface area contributed by atoms with Gasteiger partial charge in [-0.3, -0.25) is 9.69 Å². The molecule has 0 aromatic heterocycles. The molecule has 1 unspecified atom stereocenters. The van der Waals surface area contributed by atoms with Gasteiger partial charge in [-0.1, -0.05) is 25.1 Å². The van der Waals surface area contributed by atoms with Crippen molar-refractivity contribution < 1.29 is 14.3 Å². The van der Waals surface area contributed by atoms with Crippen molar-refractivity contribution in [1.82, 2.24) is 9.80 Å². The molecule has 2 saturated heterocycles. The molecule has 26 heavy (non-hydrogen) atoms. The standard InChI is InChI=1S/C21H32N2O3/c1-4-11-26-19-8-6-5-7-18(19)12-22-10-9-21(14-22)15-23(17(2)3)20(24)13-25-16-21/h5-8,17H,4,9-16H2,1-3H3. The summed E-state index contributed by atoms with van der Waals surface area (Å²) in [5, 5.41) is 0. The Kier molecular flexibility index (Phi) is 6.20. The second kappa shape index (κ2) is 8.40. The predicted molar refractivity (Wildman–Crippen MR) is 102 cm³/mol. The molecule has 2 heterocycles. The van der Waals surface area contributed by atoms with Crippen LogP contribution in [0.4, 0.5) is 0 Å². The molecule has 0 bridgehead atoms. The van der Waals surface area contributed by atoms with Crippen LogP contribution in [0, 0.1) is 5.41 Å². The topological polar surface area (TPSA) is 42.0 Å². The molecule has 0 N–H and O–H groups in total. The summed E-state index contributed by atoms with van der Waals surface area (Å²) in [7, 11) is 0. The van der Waals surface area contributed by atoms with Gasteiger partial charge >= 0.3 is 0 Å². The van der Waals surface area contributed by atoms with Crippen LogP contribution in [-0.4, -0.2) is 61.2 Å². The van der Waals surface area contributed by atoms with Crippen LogP contribution in [0.2, 0.25) is 0 Å². The summed E-state index contributed by atoms with van der Waals surface area (Å²) >= 11 is 0. The van der Waals surface area contributed by atoms with Gasteiger partial charge in [0.05, 0.1) is 13.2 Å². The molecular formula is C21H32N2O3. The van der Waals surface area contributed by atoms with Gasteiger partial charge in [0, 0.05) is 36.7 Å². The smallest absolute Gasteiger partial charge is 0.248 e. The van der Waals surface area contributed by atoms with Gasteiger partial charge in [-0.2, -0.15) is 0 Å². The third kappa shape index (κ3) is 4.38. The van der Waals surface area contributed by atoms with Crippen molar-refractivity contribution in [3.05, 3.63) is 29.8 Å². The maximum atomic E-state index is 12.3. The monoisotopic (exact) mass is 360 g/mol. The summed E-state index contributed by atoms with van der Waals surface area (Å²) in [5.41, 5.74) is 1.29. The third-order valence-electron chi connectivity index (χ3n) is 5.43. The molecule has 3 rings (SSSR count). The molecule has 5 heteroatoms. The highest BCUT2D eigenvalue weighted by Crippen LogP contribution is 2.35. The lowest BCUT2D eigenvalue weighted by Crippen LogP contribution is -2.45. The van der Waals surface area contributed by atoms with Gasteiger partial charge in [-0.15, -0.1) is 0 Å². The van der Waals surface area contributed by atoms with Crippen LogP contribution >= 0.6 is 0 Å². The number of carbonyl (C=O) groups excluding carboxylic acids is 1. The number of para-hydroxylation sites is 1. The molecule has 2 fully saturated rings. The molecule has 1 amide bonds. The quantitative estimate of drug-likeness (QED) is 0.782. The highest BCUT2D eigenvalue weighted by Gasteiger charge is 2.43. The van der Waals surface area contributed by atoms with E-state index in [0.29, 0.717) is 6.61 Å². The molecule has 1 aromatic rings. The van der Waals surface area contributed by atoms with Crippen LogP contribution < -0.4 is 4.74 Å². The molecule has 0 radical (unpaired) electrons. The fourth-order valence-corrected chi connectivity index (χ4v) is 4.04. The van der Waals surface area contributed by atoms with Gasteiger partial charge < -0.3 is 14.4 Å². The van der Waals surface area contributed by atoms with Gasteiger partial charge in [0.25, 0.3) is 0 Å². The molecule has 1 aromatic carbocycles. The number of hydrogen-bond donors (Lipinski definition) is 0. The molecule has 1 spiro atoms. The fourth-order valence-electron chi connectivity index (χ4n) is 4.04. The Labute approximate surface area is 157 Å². The number of benzene rings is 1. The number of amides is 1. The van der Waals surface area contributed by atoms with E-state index in [1.54, 1.807) is 0 Å². The molecule has 2 aliphatic rings. The molecule has 0 aliphatic carbocycles. The number of rotatable bonds is 6. The van der Waals surface area contributed by atoms with Gasteiger partial charge in [0.1, 0.15) is 12.4 Å². The van der Waals surface area contributed by atoms with Crippen molar-refractivity contribution in [2.75, 3.05) is 39.5 Å². The highest BCUT2D eigenvalue weighted by atomic mass is 16.5. The Balaban J connectivity index is 1.67. The third-order valence-corrected chi connectivity index (χ3v) is 5.43. The molecular weight excluding hydrogens is 328 g/mol. The van der Waals surface area contributed by atoms with E-state index in [2.05, 4.69) is 43.9 Å². The summed E-state index contributed by atoms with van der Waals surface area (Å²) in [5.74, 6) is 1.11. The zero-order valence-corrected chi connectivity index (χ0v) is 16.4. The van der Waals surface area contributed by atoms with Gasteiger partial charge in [0.15, 0.2) is 0 Å².